The van der Waals surface area contributed by atoms with Crippen molar-refractivity contribution in [3.63, 3.8) is 0 Å². The minimum absolute atomic E-state index is 0.175. The van der Waals surface area contributed by atoms with E-state index in [1.54, 1.807) is 4.68 Å². The van der Waals surface area contributed by atoms with Gasteiger partial charge in [0.1, 0.15) is 5.15 Å². The Hall–Kier alpha value is -0.830. The Kier molecular flexibility index (Phi) is 3.32. The summed E-state index contributed by atoms with van der Waals surface area (Å²) in [6.45, 7) is 7.96. The van der Waals surface area contributed by atoms with E-state index in [0.29, 0.717) is 10.7 Å². The van der Waals surface area contributed by atoms with Crippen LogP contribution in [0.2, 0.25) is 5.15 Å². The van der Waals surface area contributed by atoms with Gasteiger partial charge in [-0.2, -0.15) is 5.10 Å². The summed E-state index contributed by atoms with van der Waals surface area (Å²) in [6.07, 6.45) is 0.781. The van der Waals surface area contributed by atoms with Crippen LogP contribution in [-0.2, 0) is 0 Å². The summed E-state index contributed by atoms with van der Waals surface area (Å²) < 4.78 is 1.68. The van der Waals surface area contributed by atoms with Gasteiger partial charge >= 0.3 is 0 Å². The summed E-state index contributed by atoms with van der Waals surface area (Å²) in [4.78, 5) is 10.9. The molecule has 0 unspecified atom stereocenters. The fourth-order valence-electron chi connectivity index (χ4n) is 1.32. The Labute approximate surface area is 89.1 Å². The molecule has 1 aromatic rings. The number of hydrogen-bond acceptors (Lipinski definition) is 2. The smallest absolute Gasteiger partial charge is 0.155 e. The van der Waals surface area contributed by atoms with Gasteiger partial charge < -0.3 is 0 Å². The molecule has 78 valence electrons. The molecule has 0 radical (unpaired) electrons. The number of carbonyl (C=O) groups excluding carboxylic acids is 1. The van der Waals surface area contributed by atoms with E-state index in [2.05, 4.69) is 5.10 Å². The van der Waals surface area contributed by atoms with Gasteiger partial charge in [-0.3, -0.25) is 9.48 Å². The first kappa shape index (κ1) is 11.2. The zero-order chi connectivity index (χ0) is 10.9. The number of halogens is 1. The first-order chi connectivity index (χ1) is 6.49. The van der Waals surface area contributed by atoms with Crippen LogP contribution < -0.4 is 0 Å². The highest BCUT2D eigenvalue weighted by Gasteiger charge is 2.19. The maximum atomic E-state index is 10.9. The second-order valence-electron chi connectivity index (χ2n) is 3.90. The molecule has 0 aliphatic rings. The van der Waals surface area contributed by atoms with E-state index in [-0.39, 0.29) is 12.0 Å². The van der Waals surface area contributed by atoms with Crippen molar-refractivity contribution in [2.45, 2.75) is 39.7 Å². The lowest BCUT2D eigenvalue weighted by Gasteiger charge is -2.05. The molecule has 14 heavy (non-hydrogen) atoms. The van der Waals surface area contributed by atoms with Gasteiger partial charge in [0.25, 0.3) is 0 Å². The highest BCUT2D eigenvalue weighted by Crippen LogP contribution is 2.26. The van der Waals surface area contributed by atoms with Crippen molar-refractivity contribution >= 4 is 17.9 Å². The fraction of sp³-hybridized carbons (Fsp3) is 0.600. The van der Waals surface area contributed by atoms with E-state index < -0.39 is 0 Å². The molecule has 0 aliphatic carbocycles. The number of rotatable bonds is 3. The molecular formula is C10H15ClN2O. The minimum atomic E-state index is 0.175. The predicted molar refractivity (Wildman–Crippen MR) is 57.1 cm³/mol. The van der Waals surface area contributed by atoms with Crippen molar-refractivity contribution in [1.29, 1.82) is 0 Å². The summed E-state index contributed by atoms with van der Waals surface area (Å²) in [6, 6.07) is 0.175. The Balaban J connectivity index is 3.31. The van der Waals surface area contributed by atoms with E-state index in [9.17, 15) is 4.79 Å². The van der Waals surface area contributed by atoms with Crippen molar-refractivity contribution in [2.75, 3.05) is 0 Å². The monoisotopic (exact) mass is 214 g/mol. The molecule has 1 rings (SSSR count). The van der Waals surface area contributed by atoms with Crippen LogP contribution in [0, 0.1) is 0 Å². The van der Waals surface area contributed by atoms with Crippen molar-refractivity contribution in [2.24, 2.45) is 0 Å². The summed E-state index contributed by atoms with van der Waals surface area (Å²) in [5.74, 6) is 0.215. The van der Waals surface area contributed by atoms with Gasteiger partial charge in [0.2, 0.25) is 0 Å². The number of carbonyl (C=O) groups is 1. The van der Waals surface area contributed by atoms with E-state index in [1.807, 2.05) is 27.7 Å². The quantitative estimate of drug-likeness (QED) is 0.725. The van der Waals surface area contributed by atoms with Crippen LogP contribution in [0.25, 0.3) is 0 Å². The van der Waals surface area contributed by atoms with Crippen molar-refractivity contribution < 1.29 is 4.79 Å². The molecule has 0 bridgehead atoms. The van der Waals surface area contributed by atoms with Gasteiger partial charge in [0.05, 0.1) is 11.3 Å². The van der Waals surface area contributed by atoms with Crippen LogP contribution in [0.15, 0.2) is 0 Å². The van der Waals surface area contributed by atoms with Gasteiger partial charge in [-0.05, 0) is 19.8 Å². The molecule has 1 aromatic heterocycles. The molecule has 0 N–H and O–H groups in total. The van der Waals surface area contributed by atoms with Crippen molar-refractivity contribution in [3.8, 4) is 0 Å². The van der Waals surface area contributed by atoms with Crippen LogP contribution in [0.5, 0.6) is 0 Å². The molecular weight excluding hydrogens is 200 g/mol. The SMILES string of the molecule is CC(C)c1nn(C(C)C)c(Cl)c1C=O. The third kappa shape index (κ3) is 1.82. The number of aldehydes is 1. The molecule has 0 aliphatic heterocycles. The number of hydrogen-bond donors (Lipinski definition) is 0. The lowest BCUT2D eigenvalue weighted by atomic mass is 10.1. The normalized spacial score (nSPS) is 11.4. The first-order valence-corrected chi connectivity index (χ1v) is 5.09. The molecule has 1 heterocycles. The van der Waals surface area contributed by atoms with Crippen LogP contribution in [-0.4, -0.2) is 16.1 Å². The van der Waals surface area contributed by atoms with Crippen LogP contribution >= 0.6 is 11.6 Å². The molecule has 0 atom stereocenters. The molecule has 0 saturated carbocycles. The summed E-state index contributed by atoms with van der Waals surface area (Å²) in [5.41, 5.74) is 1.30. The van der Waals surface area contributed by atoms with Crippen LogP contribution in [0.3, 0.4) is 0 Å². The fourth-order valence-corrected chi connectivity index (χ4v) is 1.69. The number of aromatic nitrogens is 2. The Morgan fingerprint density at radius 2 is 1.93 bits per heavy atom. The minimum Gasteiger partial charge on any atom is -0.298 e. The Morgan fingerprint density at radius 1 is 1.36 bits per heavy atom. The zero-order valence-corrected chi connectivity index (χ0v) is 9.67. The van der Waals surface area contributed by atoms with E-state index in [1.165, 1.54) is 0 Å². The largest absolute Gasteiger partial charge is 0.298 e. The second-order valence-corrected chi connectivity index (χ2v) is 4.26. The van der Waals surface area contributed by atoms with Crippen molar-refractivity contribution in [3.05, 3.63) is 16.4 Å². The Morgan fingerprint density at radius 3 is 2.21 bits per heavy atom. The average Bonchev–Trinajstić information content (AvgIpc) is 2.42. The maximum Gasteiger partial charge on any atom is 0.155 e. The molecule has 0 saturated heterocycles. The van der Waals surface area contributed by atoms with Gasteiger partial charge in [0, 0.05) is 6.04 Å². The first-order valence-electron chi connectivity index (χ1n) is 4.72. The zero-order valence-electron chi connectivity index (χ0n) is 8.91. The molecule has 0 fully saturated rings. The number of nitrogens with zero attached hydrogens (tertiary/aromatic N) is 2. The standard InChI is InChI=1S/C10H15ClN2O/c1-6(2)9-8(5-14)10(11)13(12-9)7(3)4/h5-7H,1-4H3. The highest BCUT2D eigenvalue weighted by atomic mass is 35.5. The van der Waals surface area contributed by atoms with Crippen LogP contribution in [0.1, 0.15) is 55.7 Å². The van der Waals surface area contributed by atoms with Gasteiger partial charge in [-0.15, -0.1) is 0 Å². The van der Waals surface area contributed by atoms with E-state index >= 15 is 0 Å². The van der Waals surface area contributed by atoms with E-state index in [4.69, 9.17) is 11.6 Å². The van der Waals surface area contributed by atoms with Gasteiger partial charge in [0.15, 0.2) is 6.29 Å². The third-order valence-electron chi connectivity index (χ3n) is 2.07. The van der Waals surface area contributed by atoms with Crippen LogP contribution in [0.4, 0.5) is 0 Å². The third-order valence-corrected chi connectivity index (χ3v) is 2.45. The van der Waals surface area contributed by atoms with E-state index in [0.717, 1.165) is 12.0 Å². The molecule has 3 nitrogen and oxygen atoms in total. The molecule has 0 amide bonds. The lowest BCUT2D eigenvalue weighted by Crippen LogP contribution is -2.03. The van der Waals surface area contributed by atoms with Gasteiger partial charge in [-0.25, -0.2) is 0 Å². The highest BCUT2D eigenvalue weighted by molar-refractivity contribution is 6.32. The molecule has 0 aromatic carbocycles. The summed E-state index contributed by atoms with van der Waals surface area (Å²) >= 11 is 6.04. The predicted octanol–water partition coefficient (Wildman–Crippen LogP) is 3.05. The molecule has 4 heteroatoms. The van der Waals surface area contributed by atoms with Crippen molar-refractivity contribution in [1.82, 2.24) is 9.78 Å². The lowest BCUT2D eigenvalue weighted by molar-refractivity contribution is 0.112. The maximum absolute atomic E-state index is 10.9. The second kappa shape index (κ2) is 4.13. The average molecular weight is 215 g/mol. The summed E-state index contributed by atoms with van der Waals surface area (Å²) in [7, 11) is 0. The molecule has 0 spiro atoms. The topological polar surface area (TPSA) is 34.9 Å². The summed E-state index contributed by atoms with van der Waals surface area (Å²) in [5, 5.41) is 4.78. The Bertz CT molecular complexity index is 342. The van der Waals surface area contributed by atoms with Gasteiger partial charge in [-0.1, -0.05) is 25.4 Å².